The van der Waals surface area contributed by atoms with Gasteiger partial charge in [-0.3, -0.25) is 24.8 Å². The third-order valence-electron chi connectivity index (χ3n) is 10.9. The van der Waals surface area contributed by atoms with E-state index in [2.05, 4.69) is 15.5 Å². The van der Waals surface area contributed by atoms with Crippen molar-refractivity contribution in [2.45, 2.75) is 74.2 Å². The first-order chi connectivity index (χ1) is 21.2. The lowest BCUT2D eigenvalue weighted by molar-refractivity contribution is -0.385. The SMILES string of the molecule is COc1cccc(OC)c1C12CC3CC(NC(=O)c4cc[nH]n4)(C1)C(C(=O)O)C(c1ccc([N+](=O)[O-])c4c1CCCC4)(C3)C2. The Morgan fingerprint density at radius 1 is 1.02 bits per heavy atom. The van der Waals surface area contributed by atoms with Crippen LogP contribution in [0.4, 0.5) is 5.69 Å². The van der Waals surface area contributed by atoms with Crippen molar-refractivity contribution in [1.82, 2.24) is 15.5 Å². The number of carboxylic acid groups (broad SMARTS) is 1. The van der Waals surface area contributed by atoms with Gasteiger partial charge in [0.2, 0.25) is 0 Å². The summed E-state index contributed by atoms with van der Waals surface area (Å²) in [6.07, 6.45) is 7.33. The number of nitrogens with one attached hydrogen (secondary N) is 2. The summed E-state index contributed by atoms with van der Waals surface area (Å²) in [5, 5.41) is 33.3. The molecule has 5 unspecified atom stereocenters. The van der Waals surface area contributed by atoms with Gasteiger partial charge in [0.05, 0.1) is 30.6 Å². The zero-order valence-electron chi connectivity index (χ0n) is 24.9. The smallest absolute Gasteiger partial charge is 0.309 e. The lowest BCUT2D eigenvalue weighted by Crippen LogP contribution is -2.75. The number of carbonyl (C=O) groups is 2. The number of methoxy groups -OCH3 is 2. The molecule has 4 saturated carbocycles. The van der Waals surface area contributed by atoms with E-state index in [4.69, 9.17) is 9.47 Å². The van der Waals surface area contributed by atoms with Gasteiger partial charge in [-0.1, -0.05) is 12.1 Å². The van der Waals surface area contributed by atoms with Crippen molar-refractivity contribution in [3.8, 4) is 11.5 Å². The van der Waals surface area contributed by atoms with E-state index in [-0.39, 0.29) is 22.2 Å². The molecule has 0 aliphatic heterocycles. The Morgan fingerprint density at radius 2 is 1.75 bits per heavy atom. The molecule has 5 aliphatic carbocycles. The lowest BCUT2D eigenvalue weighted by Gasteiger charge is -2.69. The van der Waals surface area contributed by atoms with Gasteiger partial charge >= 0.3 is 5.97 Å². The molecule has 1 heterocycles. The van der Waals surface area contributed by atoms with Gasteiger partial charge in [-0.2, -0.15) is 5.10 Å². The number of amides is 1. The Kier molecular flexibility index (Phi) is 6.49. The van der Waals surface area contributed by atoms with Crippen LogP contribution in [0.1, 0.15) is 77.7 Å². The second-order valence-electron chi connectivity index (χ2n) is 13.2. The molecule has 0 spiro atoms. The third kappa shape index (κ3) is 3.97. The van der Waals surface area contributed by atoms with Crippen molar-refractivity contribution < 1.29 is 29.1 Å². The maximum atomic E-state index is 13.7. The maximum absolute atomic E-state index is 13.7. The molecule has 3 N–H and O–H groups in total. The van der Waals surface area contributed by atoms with Crippen LogP contribution in [0.3, 0.4) is 0 Å². The zero-order valence-corrected chi connectivity index (χ0v) is 24.9. The summed E-state index contributed by atoms with van der Waals surface area (Å²) in [7, 11) is 3.24. The number of nitrogens with zero attached hydrogens (tertiary/aromatic N) is 2. The standard InChI is InChI=1S/C33H36N4O7/c1-43-25-8-5-9-26(44-2)27(25)31-14-19-15-32(17-31,22-10-11-24(37(41)42)21-7-4-3-6-20(21)22)28(30(39)40)33(16-19,18-31)35-29(38)23-12-13-34-36-23/h5,8-13,19,28H,3-4,6-7,14-18H2,1-2H3,(H,34,36)(H,35,38)(H,39,40). The Bertz CT molecular complexity index is 1650. The summed E-state index contributed by atoms with van der Waals surface area (Å²) in [5.41, 5.74) is 1.09. The minimum Gasteiger partial charge on any atom is -0.496 e. The molecule has 8 rings (SSSR count). The second kappa shape index (κ2) is 10.1. The van der Waals surface area contributed by atoms with Crippen LogP contribution in [0, 0.1) is 22.0 Å². The number of fused-ring (bicyclic) bond motifs is 1. The molecular weight excluding hydrogens is 564 g/mol. The highest BCUT2D eigenvalue weighted by molar-refractivity contribution is 5.93. The summed E-state index contributed by atoms with van der Waals surface area (Å²) in [6.45, 7) is 0. The molecule has 0 saturated heterocycles. The molecule has 44 heavy (non-hydrogen) atoms. The molecule has 5 aliphatic rings. The topological polar surface area (TPSA) is 157 Å². The fraction of sp³-hybridized carbons (Fsp3) is 0.485. The number of aliphatic carboxylic acids is 1. The summed E-state index contributed by atoms with van der Waals surface area (Å²) >= 11 is 0. The summed E-state index contributed by atoms with van der Waals surface area (Å²) < 4.78 is 11.8. The second-order valence-corrected chi connectivity index (χ2v) is 13.2. The van der Waals surface area contributed by atoms with Crippen LogP contribution in [-0.4, -0.2) is 51.9 Å². The minimum absolute atomic E-state index is 0.0802. The highest BCUT2D eigenvalue weighted by Crippen LogP contribution is 2.71. The molecule has 5 atom stereocenters. The first-order valence-electron chi connectivity index (χ1n) is 15.2. The molecular formula is C33H36N4O7. The van der Waals surface area contributed by atoms with Crippen LogP contribution < -0.4 is 14.8 Å². The quantitative estimate of drug-likeness (QED) is 0.244. The van der Waals surface area contributed by atoms with E-state index in [9.17, 15) is 24.8 Å². The predicted octanol–water partition coefficient (Wildman–Crippen LogP) is 4.87. The average Bonchev–Trinajstić information content (AvgIpc) is 3.54. The van der Waals surface area contributed by atoms with E-state index in [1.54, 1.807) is 32.5 Å². The molecule has 11 nitrogen and oxygen atoms in total. The van der Waals surface area contributed by atoms with Gasteiger partial charge in [0.1, 0.15) is 17.2 Å². The van der Waals surface area contributed by atoms with Gasteiger partial charge in [-0.25, -0.2) is 0 Å². The van der Waals surface area contributed by atoms with Crippen LogP contribution in [0.25, 0.3) is 0 Å². The Labute approximate surface area is 254 Å². The van der Waals surface area contributed by atoms with E-state index < -0.39 is 34.2 Å². The van der Waals surface area contributed by atoms with Crippen molar-refractivity contribution in [1.29, 1.82) is 0 Å². The molecule has 2 aromatic carbocycles. The number of aromatic nitrogens is 2. The van der Waals surface area contributed by atoms with Gasteiger partial charge < -0.3 is 19.9 Å². The van der Waals surface area contributed by atoms with Crippen LogP contribution in [0.5, 0.6) is 11.5 Å². The number of carbonyl (C=O) groups excluding carboxylic acids is 1. The maximum Gasteiger partial charge on any atom is 0.309 e. The monoisotopic (exact) mass is 600 g/mol. The normalized spacial score (nSPS) is 30.0. The van der Waals surface area contributed by atoms with Gasteiger partial charge in [0, 0.05) is 34.2 Å². The average molecular weight is 601 g/mol. The number of benzene rings is 2. The summed E-state index contributed by atoms with van der Waals surface area (Å²) in [4.78, 5) is 39.1. The van der Waals surface area contributed by atoms with Crippen molar-refractivity contribution >= 4 is 17.6 Å². The van der Waals surface area contributed by atoms with Crippen LogP contribution >= 0.6 is 0 Å². The molecule has 11 heteroatoms. The van der Waals surface area contributed by atoms with Crippen molar-refractivity contribution in [2.24, 2.45) is 11.8 Å². The number of nitro benzene ring substituents is 1. The van der Waals surface area contributed by atoms with Gasteiger partial charge in [0.25, 0.3) is 11.6 Å². The van der Waals surface area contributed by atoms with Crippen LogP contribution in [0.2, 0.25) is 0 Å². The van der Waals surface area contributed by atoms with E-state index in [1.807, 2.05) is 24.3 Å². The third-order valence-corrected chi connectivity index (χ3v) is 10.9. The van der Waals surface area contributed by atoms with Crippen LogP contribution in [0.15, 0.2) is 42.6 Å². The number of hydrogen-bond acceptors (Lipinski definition) is 7. The van der Waals surface area contributed by atoms with E-state index in [0.717, 1.165) is 41.5 Å². The first kappa shape index (κ1) is 28.4. The number of aromatic amines is 1. The predicted molar refractivity (Wildman–Crippen MR) is 159 cm³/mol. The molecule has 4 fully saturated rings. The minimum atomic E-state index is -1.11. The number of nitro groups is 1. The number of rotatable bonds is 8. The summed E-state index contributed by atoms with van der Waals surface area (Å²) in [6, 6.07) is 10.7. The molecule has 4 bridgehead atoms. The Morgan fingerprint density at radius 3 is 2.39 bits per heavy atom. The van der Waals surface area contributed by atoms with Crippen molar-refractivity contribution in [2.75, 3.05) is 14.2 Å². The number of carboxylic acids is 1. The summed E-state index contributed by atoms with van der Waals surface area (Å²) in [5.74, 6) is -0.966. The molecule has 230 valence electrons. The molecule has 1 aromatic heterocycles. The first-order valence-corrected chi connectivity index (χ1v) is 15.2. The van der Waals surface area contributed by atoms with Gasteiger partial charge in [-0.05, 0) is 93.0 Å². The number of H-pyrrole nitrogens is 1. The molecule has 1 amide bonds. The molecule has 0 radical (unpaired) electrons. The fourth-order valence-electron chi connectivity index (χ4n) is 10.1. The van der Waals surface area contributed by atoms with Gasteiger partial charge in [0.15, 0.2) is 0 Å². The van der Waals surface area contributed by atoms with E-state index >= 15 is 0 Å². The lowest BCUT2D eigenvalue weighted by atomic mass is 9.35. The number of ether oxygens (including phenoxy) is 2. The van der Waals surface area contributed by atoms with Crippen LogP contribution in [-0.2, 0) is 28.5 Å². The van der Waals surface area contributed by atoms with Crippen molar-refractivity contribution in [3.63, 3.8) is 0 Å². The zero-order chi connectivity index (χ0) is 30.9. The van der Waals surface area contributed by atoms with Crippen molar-refractivity contribution in [3.05, 3.63) is 80.7 Å². The Hall–Kier alpha value is -4.41. The van der Waals surface area contributed by atoms with Gasteiger partial charge in [-0.15, -0.1) is 0 Å². The largest absolute Gasteiger partial charge is 0.496 e. The highest BCUT2D eigenvalue weighted by atomic mass is 16.6. The fourth-order valence-corrected chi connectivity index (χ4v) is 10.1. The Balaban J connectivity index is 1.50. The number of hydrogen-bond donors (Lipinski definition) is 3. The van der Waals surface area contributed by atoms with E-state index in [1.165, 1.54) is 0 Å². The van der Waals surface area contributed by atoms with E-state index in [0.29, 0.717) is 50.0 Å². The molecule has 3 aromatic rings. The highest BCUT2D eigenvalue weighted by Gasteiger charge is 2.72.